The zero-order chi connectivity index (χ0) is 38.3. The molecule has 1 saturated heterocycles. The number of amides is 1. The maximum atomic E-state index is 14.0. The Morgan fingerprint density at radius 3 is 2.22 bits per heavy atom. The molecule has 8 nitrogen and oxygen atoms in total. The van der Waals surface area contributed by atoms with Crippen LogP contribution in [0.5, 0.6) is 5.75 Å². The number of aryl methyl sites for hydroxylation is 1. The Kier molecular flexibility index (Phi) is 12.2. The molecule has 5 aromatic carbocycles. The average Bonchev–Trinajstić information content (AvgIpc) is 3.17. The summed E-state index contributed by atoms with van der Waals surface area (Å²) in [6, 6.07) is 32.3. The number of benzene rings is 5. The predicted octanol–water partition coefficient (Wildman–Crippen LogP) is 8.29. The Morgan fingerprint density at radius 1 is 0.815 bits per heavy atom. The van der Waals surface area contributed by atoms with Gasteiger partial charge in [0.2, 0.25) is 0 Å². The zero-order valence-corrected chi connectivity index (χ0v) is 31.3. The number of nitrogens with zero attached hydrogens (tertiary/aromatic N) is 2. The zero-order valence-electron chi connectivity index (χ0n) is 29.6. The first-order valence-electron chi connectivity index (χ1n) is 17.6. The number of hydrogen-bond acceptors (Lipinski definition) is 8. The molecule has 0 aromatic heterocycles. The highest BCUT2D eigenvalue weighted by molar-refractivity contribution is 7.99. The van der Waals surface area contributed by atoms with Crippen LogP contribution in [0.15, 0.2) is 125 Å². The van der Waals surface area contributed by atoms with E-state index in [4.69, 9.17) is 0 Å². The number of carbonyl (C=O) groups excluding carboxylic acids is 1. The number of nitrogens with one attached hydrogen (secondary N) is 2. The first-order valence-corrected chi connectivity index (χ1v) is 20.0. The number of carbonyl (C=O) groups is 1. The lowest BCUT2D eigenvalue weighted by Gasteiger charge is -2.36. The van der Waals surface area contributed by atoms with Crippen molar-refractivity contribution in [2.45, 2.75) is 35.9 Å². The van der Waals surface area contributed by atoms with E-state index in [1.807, 2.05) is 47.2 Å². The molecule has 54 heavy (non-hydrogen) atoms. The molecule has 1 aliphatic rings. The van der Waals surface area contributed by atoms with Gasteiger partial charge in [0.15, 0.2) is 0 Å². The molecule has 0 aliphatic carbocycles. The highest BCUT2D eigenvalue weighted by Crippen LogP contribution is 2.36. The van der Waals surface area contributed by atoms with Crippen molar-refractivity contribution in [3.05, 3.63) is 138 Å². The van der Waals surface area contributed by atoms with Gasteiger partial charge in [-0.2, -0.15) is 13.2 Å². The van der Waals surface area contributed by atoms with Crippen molar-refractivity contribution in [3.63, 3.8) is 0 Å². The van der Waals surface area contributed by atoms with Crippen LogP contribution in [0.2, 0.25) is 0 Å². The molecule has 1 amide bonds. The van der Waals surface area contributed by atoms with Gasteiger partial charge in [-0.25, -0.2) is 13.1 Å². The lowest BCUT2D eigenvalue weighted by Crippen LogP contribution is -2.46. The Balaban J connectivity index is 1.03. The van der Waals surface area contributed by atoms with Gasteiger partial charge in [0, 0.05) is 66.9 Å². The molecule has 5 aromatic rings. The van der Waals surface area contributed by atoms with Crippen LogP contribution in [0.3, 0.4) is 0 Å². The molecule has 1 fully saturated rings. The minimum atomic E-state index is -4.83. The summed E-state index contributed by atoms with van der Waals surface area (Å²) >= 11 is 1.48. The number of halogens is 3. The van der Waals surface area contributed by atoms with E-state index in [-0.39, 0.29) is 23.5 Å². The molecule has 0 saturated carbocycles. The van der Waals surface area contributed by atoms with Gasteiger partial charge in [0.05, 0.1) is 10.5 Å². The fraction of sp³-hybridized carbons (Fsp3) is 0.244. The highest BCUT2D eigenvalue weighted by atomic mass is 32.2. The summed E-state index contributed by atoms with van der Waals surface area (Å²) in [4.78, 5) is 17.9. The van der Waals surface area contributed by atoms with Crippen LogP contribution < -0.4 is 14.9 Å². The molecule has 1 heterocycles. The van der Waals surface area contributed by atoms with Crippen molar-refractivity contribution in [2.24, 2.45) is 0 Å². The molecule has 3 N–H and O–H groups in total. The largest absolute Gasteiger partial charge is 0.508 e. The number of thioether (sulfide) groups is 1. The summed E-state index contributed by atoms with van der Waals surface area (Å²) in [5.41, 5.74) is 4.10. The van der Waals surface area contributed by atoms with Crippen molar-refractivity contribution in [2.75, 3.05) is 48.7 Å². The van der Waals surface area contributed by atoms with Crippen LogP contribution in [-0.4, -0.2) is 62.8 Å². The summed E-state index contributed by atoms with van der Waals surface area (Å²) in [6.45, 7) is 6.30. The maximum Gasteiger partial charge on any atom is 0.418 e. The van der Waals surface area contributed by atoms with Gasteiger partial charge in [-0.15, -0.1) is 11.8 Å². The van der Waals surface area contributed by atoms with Crippen molar-refractivity contribution in [3.8, 4) is 16.9 Å². The Morgan fingerprint density at radius 2 is 1.54 bits per heavy atom. The van der Waals surface area contributed by atoms with Crippen LogP contribution in [0.25, 0.3) is 11.1 Å². The third kappa shape index (κ3) is 9.76. The molecular formula is C41H41F3N4O4S2. The Hall–Kier alpha value is -4.98. The molecule has 0 radical (unpaired) electrons. The van der Waals surface area contributed by atoms with E-state index in [1.54, 1.807) is 24.3 Å². The van der Waals surface area contributed by atoms with Crippen LogP contribution in [0.4, 0.5) is 24.5 Å². The average molecular weight is 775 g/mol. The summed E-state index contributed by atoms with van der Waals surface area (Å²) in [6.07, 6.45) is -3.94. The SMILES string of the molecule is CCc1cc(-c2cccc(O)c2)ccc1CN1CCN(c2ccc(C(=O)NS(=O)(=O)c3ccc(NCCSc4ccccc4)c(C(F)(F)F)c3)cc2)CC1. The van der Waals surface area contributed by atoms with Crippen molar-refractivity contribution in [1.29, 1.82) is 0 Å². The molecule has 0 spiro atoms. The molecule has 1 aliphatic heterocycles. The number of phenolic OH excluding ortho intramolecular Hbond substituents is 1. The maximum absolute atomic E-state index is 14.0. The second kappa shape index (κ2) is 17.0. The number of phenols is 1. The van der Waals surface area contributed by atoms with Gasteiger partial charge < -0.3 is 15.3 Å². The van der Waals surface area contributed by atoms with E-state index in [2.05, 4.69) is 40.2 Å². The van der Waals surface area contributed by atoms with Crippen LogP contribution in [0, 0.1) is 0 Å². The quantitative estimate of drug-likeness (QED) is 0.0812. The second-order valence-electron chi connectivity index (χ2n) is 12.9. The molecule has 0 bridgehead atoms. The topological polar surface area (TPSA) is 102 Å². The number of anilines is 2. The van der Waals surface area contributed by atoms with Crippen LogP contribution in [0.1, 0.15) is 34.0 Å². The minimum absolute atomic E-state index is 0.0625. The van der Waals surface area contributed by atoms with E-state index in [0.29, 0.717) is 11.8 Å². The number of alkyl halides is 3. The minimum Gasteiger partial charge on any atom is -0.508 e. The van der Waals surface area contributed by atoms with Crippen molar-refractivity contribution >= 4 is 39.1 Å². The van der Waals surface area contributed by atoms with Crippen molar-refractivity contribution < 1.29 is 31.5 Å². The monoisotopic (exact) mass is 774 g/mol. The van der Waals surface area contributed by atoms with Gasteiger partial charge in [-0.3, -0.25) is 9.69 Å². The molecule has 6 rings (SSSR count). The third-order valence-electron chi connectivity index (χ3n) is 9.29. The number of hydrogen-bond donors (Lipinski definition) is 3. The van der Waals surface area contributed by atoms with E-state index in [1.165, 1.54) is 35.0 Å². The first-order chi connectivity index (χ1) is 25.9. The van der Waals surface area contributed by atoms with E-state index in [9.17, 15) is 31.5 Å². The normalized spacial score (nSPS) is 13.8. The fourth-order valence-electron chi connectivity index (χ4n) is 6.39. The third-order valence-corrected chi connectivity index (χ3v) is 11.6. The summed E-state index contributed by atoms with van der Waals surface area (Å²) in [5, 5.41) is 12.7. The molecule has 282 valence electrons. The van der Waals surface area contributed by atoms with E-state index >= 15 is 0 Å². The van der Waals surface area contributed by atoms with Gasteiger partial charge >= 0.3 is 6.18 Å². The summed E-state index contributed by atoms with van der Waals surface area (Å²) < 4.78 is 70.1. The molecule has 0 unspecified atom stereocenters. The fourth-order valence-corrected chi connectivity index (χ4v) is 8.18. The van der Waals surface area contributed by atoms with Gasteiger partial charge in [-0.1, -0.05) is 55.5 Å². The number of aromatic hydroxyl groups is 1. The lowest BCUT2D eigenvalue weighted by molar-refractivity contribution is -0.137. The smallest absolute Gasteiger partial charge is 0.418 e. The molecular weight excluding hydrogens is 734 g/mol. The van der Waals surface area contributed by atoms with Crippen molar-refractivity contribution in [1.82, 2.24) is 9.62 Å². The highest BCUT2D eigenvalue weighted by Gasteiger charge is 2.35. The lowest BCUT2D eigenvalue weighted by atomic mass is 9.97. The van der Waals surface area contributed by atoms with E-state index < -0.39 is 32.6 Å². The van der Waals surface area contributed by atoms with Gasteiger partial charge in [0.1, 0.15) is 5.75 Å². The molecule has 0 atom stereocenters. The summed E-state index contributed by atoms with van der Waals surface area (Å²) in [7, 11) is -4.61. The Labute approximate surface area is 318 Å². The molecule has 13 heteroatoms. The second-order valence-corrected chi connectivity index (χ2v) is 15.8. The predicted molar refractivity (Wildman–Crippen MR) is 209 cm³/mol. The van der Waals surface area contributed by atoms with Gasteiger partial charge in [-0.05, 0) is 95.4 Å². The number of piperazine rings is 1. The van der Waals surface area contributed by atoms with Crippen LogP contribution >= 0.6 is 11.8 Å². The van der Waals surface area contributed by atoms with E-state index in [0.717, 1.165) is 73.0 Å². The van der Waals surface area contributed by atoms with Crippen LogP contribution in [-0.2, 0) is 29.2 Å². The number of sulfonamides is 1. The standard InChI is InChI=1S/C41H41F3N4O4S2/c1-2-29-25-32(31-7-6-8-35(49)26-31)11-12-33(29)28-47-20-22-48(23-21-47)34-15-13-30(14-16-34)40(50)46-54(51,52)37-17-18-39(38(27-37)41(42,43)44)45-19-24-53-36-9-4-3-5-10-36/h3-18,25-27,45,49H,2,19-24,28H2,1H3,(H,46,50). The Bertz CT molecular complexity index is 2180. The summed E-state index contributed by atoms with van der Waals surface area (Å²) in [5.74, 6) is -0.215. The first kappa shape index (κ1) is 38.7. The van der Waals surface area contributed by atoms with Gasteiger partial charge in [0.25, 0.3) is 15.9 Å². The number of rotatable bonds is 13.